The van der Waals surface area contributed by atoms with Crippen LogP contribution in [0.25, 0.3) is 0 Å². The molecule has 0 N–H and O–H groups in total. The minimum atomic E-state index is -1.11. The molecule has 3 heteroatoms. The van der Waals surface area contributed by atoms with Gasteiger partial charge in [-0.3, -0.25) is 0 Å². The Bertz CT molecular complexity index is 495. The molecular weight excluding hydrogens is 290 g/mol. The third-order valence-electron chi connectivity index (χ3n) is 3.11. The zero-order valence-electron chi connectivity index (χ0n) is 16.2. The van der Waals surface area contributed by atoms with E-state index < -0.39 is 11.0 Å². The van der Waals surface area contributed by atoms with E-state index in [1.54, 1.807) is 0 Å². The molecule has 2 nitrogen and oxygen atoms in total. The van der Waals surface area contributed by atoms with Gasteiger partial charge in [0.15, 0.2) is 0 Å². The highest BCUT2D eigenvalue weighted by Crippen LogP contribution is 2.30. The molecule has 22 heavy (non-hydrogen) atoms. The van der Waals surface area contributed by atoms with Crippen LogP contribution >= 0.6 is 0 Å². The lowest BCUT2D eigenvalue weighted by atomic mass is 9.86. The van der Waals surface area contributed by atoms with Crippen LogP contribution in [0.15, 0.2) is 23.1 Å². The fourth-order valence-corrected chi connectivity index (χ4v) is 3.85. The highest BCUT2D eigenvalue weighted by atomic mass is 32.2. The molecule has 0 fully saturated rings. The summed E-state index contributed by atoms with van der Waals surface area (Å²) in [5.74, 6) is 0. The average molecular weight is 326 g/mol. The summed E-state index contributed by atoms with van der Waals surface area (Å²) < 4.78 is 14.8. The monoisotopic (exact) mass is 325 g/mol. The van der Waals surface area contributed by atoms with Crippen LogP contribution in [0, 0.1) is 12.3 Å². The van der Waals surface area contributed by atoms with Crippen molar-refractivity contribution in [2.45, 2.75) is 72.6 Å². The summed E-state index contributed by atoms with van der Waals surface area (Å²) in [6.45, 7) is 19.9. The van der Waals surface area contributed by atoms with Crippen LogP contribution in [0.5, 0.6) is 0 Å². The summed E-state index contributed by atoms with van der Waals surface area (Å²) in [4.78, 5) is 0.940. The molecule has 1 atom stereocenters. The van der Waals surface area contributed by atoms with Gasteiger partial charge in [0.25, 0.3) is 0 Å². The summed E-state index contributed by atoms with van der Waals surface area (Å²) >= 11 is 0. The average Bonchev–Trinajstić information content (AvgIpc) is 2.37. The molecule has 0 heterocycles. The molecule has 1 aromatic carbocycles. The third kappa shape index (κ3) is 6.62. The summed E-state index contributed by atoms with van der Waals surface area (Å²) in [7, 11) is 0.831. The van der Waals surface area contributed by atoms with Gasteiger partial charge in [0.2, 0.25) is 0 Å². The van der Waals surface area contributed by atoms with Gasteiger partial charge in [-0.2, -0.15) is 0 Å². The zero-order chi connectivity index (χ0) is 17.7. The molecular formula is C19H35NOS. The zero-order valence-corrected chi connectivity index (χ0v) is 17.0. The first-order valence-electron chi connectivity index (χ1n) is 8.16. The predicted molar refractivity (Wildman–Crippen MR) is 99.7 cm³/mol. The molecule has 0 radical (unpaired) electrons. The van der Waals surface area contributed by atoms with Crippen LogP contribution in [0.1, 0.15) is 66.5 Å². The van der Waals surface area contributed by atoms with Crippen LogP contribution in [0.2, 0.25) is 0 Å². The maximum absolute atomic E-state index is 12.8. The fourth-order valence-electron chi connectivity index (χ4n) is 2.28. The van der Waals surface area contributed by atoms with Crippen LogP contribution in [0.4, 0.5) is 0 Å². The van der Waals surface area contributed by atoms with Crippen molar-refractivity contribution in [2.75, 3.05) is 13.6 Å². The number of aryl methyl sites for hydroxylation is 1. The van der Waals surface area contributed by atoms with E-state index in [1.807, 2.05) is 37.3 Å². The summed E-state index contributed by atoms with van der Waals surface area (Å²) in [5, 5.41) is 0. The lowest BCUT2D eigenvalue weighted by Crippen LogP contribution is -2.32. The second-order valence-corrected chi connectivity index (χ2v) is 9.41. The number of benzene rings is 1. The molecule has 0 bridgehead atoms. The molecule has 0 saturated heterocycles. The molecule has 0 spiro atoms. The smallest absolute Gasteiger partial charge is 0.127 e. The highest BCUT2D eigenvalue weighted by Gasteiger charge is 2.25. The Balaban J connectivity index is 0.00000211. The molecule has 1 rings (SSSR count). The number of hydrogen-bond donors (Lipinski definition) is 0. The summed E-state index contributed by atoms with van der Waals surface area (Å²) in [6.07, 6.45) is 0. The van der Waals surface area contributed by atoms with E-state index in [-0.39, 0.29) is 10.8 Å². The quantitative estimate of drug-likeness (QED) is 0.736. The normalized spacial score (nSPS) is 13.6. The molecule has 0 amide bonds. The maximum Gasteiger partial charge on any atom is 0.127 e. The largest absolute Gasteiger partial charge is 0.237 e. The van der Waals surface area contributed by atoms with Crippen molar-refractivity contribution in [3.63, 3.8) is 0 Å². The van der Waals surface area contributed by atoms with Gasteiger partial charge in [0.1, 0.15) is 11.0 Å². The van der Waals surface area contributed by atoms with Crippen LogP contribution in [0.3, 0.4) is 0 Å². The van der Waals surface area contributed by atoms with Gasteiger partial charge in [-0.05, 0) is 29.4 Å². The van der Waals surface area contributed by atoms with Gasteiger partial charge in [-0.1, -0.05) is 73.1 Å². The minimum Gasteiger partial charge on any atom is -0.237 e. The Kier molecular flexibility index (Phi) is 8.01. The summed E-state index contributed by atoms with van der Waals surface area (Å²) in [5.41, 5.74) is 2.53. The van der Waals surface area contributed by atoms with Crippen LogP contribution < -0.4 is 0 Å². The van der Waals surface area contributed by atoms with Crippen LogP contribution in [-0.2, 0) is 16.4 Å². The molecule has 0 aromatic heterocycles. The molecule has 0 aliphatic rings. The fraction of sp³-hybridized carbons (Fsp3) is 0.684. The van der Waals surface area contributed by atoms with Gasteiger partial charge in [-0.25, -0.2) is 8.51 Å². The molecule has 0 aliphatic heterocycles. The van der Waals surface area contributed by atoms with Gasteiger partial charge in [-0.15, -0.1) is 0 Å². The molecule has 1 aromatic rings. The second-order valence-electron chi connectivity index (χ2n) is 7.85. The molecule has 1 unspecified atom stereocenters. The lowest BCUT2D eigenvalue weighted by molar-refractivity contribution is 0.320. The van der Waals surface area contributed by atoms with Crippen molar-refractivity contribution >= 4 is 11.0 Å². The number of nitrogens with zero attached hydrogens (tertiary/aromatic N) is 1. The van der Waals surface area contributed by atoms with E-state index in [9.17, 15) is 4.21 Å². The molecule has 128 valence electrons. The Morgan fingerprint density at radius 3 is 1.95 bits per heavy atom. The van der Waals surface area contributed by atoms with Crippen molar-refractivity contribution in [3.8, 4) is 0 Å². The minimum absolute atomic E-state index is 0.000411. The first-order chi connectivity index (χ1) is 9.92. The maximum atomic E-state index is 12.8. The van der Waals surface area contributed by atoms with Crippen molar-refractivity contribution in [3.05, 3.63) is 29.3 Å². The summed E-state index contributed by atoms with van der Waals surface area (Å²) in [6, 6.07) is 6.23. The van der Waals surface area contributed by atoms with Crippen molar-refractivity contribution in [1.82, 2.24) is 4.31 Å². The SMILES string of the molecule is CC.Cc1ccc(S(=O)N(C)CC(C)(C)C)c(C(C)(C)C)c1. The van der Waals surface area contributed by atoms with E-state index in [1.165, 1.54) is 11.1 Å². The van der Waals surface area contributed by atoms with E-state index >= 15 is 0 Å². The van der Waals surface area contributed by atoms with E-state index in [0.29, 0.717) is 0 Å². The van der Waals surface area contributed by atoms with E-state index in [4.69, 9.17) is 0 Å². The standard InChI is InChI=1S/C17H29NOS.C2H6/c1-13-9-10-15(14(11-13)17(5,6)7)20(19)18(8)12-16(2,3)4;1-2/h9-11H,12H2,1-8H3;1-2H3. The topological polar surface area (TPSA) is 20.3 Å². The van der Waals surface area contributed by atoms with Gasteiger partial charge in [0, 0.05) is 13.6 Å². The van der Waals surface area contributed by atoms with Crippen molar-refractivity contribution < 1.29 is 4.21 Å². The third-order valence-corrected chi connectivity index (χ3v) is 4.54. The Morgan fingerprint density at radius 1 is 1.05 bits per heavy atom. The second kappa shape index (κ2) is 8.26. The highest BCUT2D eigenvalue weighted by molar-refractivity contribution is 7.82. The predicted octanol–water partition coefficient (Wildman–Crippen LogP) is 5.32. The number of hydrogen-bond acceptors (Lipinski definition) is 1. The van der Waals surface area contributed by atoms with Gasteiger partial charge < -0.3 is 0 Å². The van der Waals surface area contributed by atoms with E-state index in [0.717, 1.165) is 11.4 Å². The van der Waals surface area contributed by atoms with Crippen molar-refractivity contribution in [1.29, 1.82) is 0 Å². The van der Waals surface area contributed by atoms with Crippen LogP contribution in [-0.4, -0.2) is 22.1 Å². The lowest BCUT2D eigenvalue weighted by Gasteiger charge is -2.28. The van der Waals surface area contributed by atoms with Crippen molar-refractivity contribution in [2.24, 2.45) is 5.41 Å². The molecule has 0 saturated carbocycles. The first kappa shape index (κ1) is 21.3. The number of rotatable bonds is 3. The Morgan fingerprint density at radius 2 is 1.55 bits per heavy atom. The Labute approximate surface area is 140 Å². The van der Waals surface area contributed by atoms with Gasteiger partial charge >= 0.3 is 0 Å². The molecule has 0 aliphatic carbocycles. The van der Waals surface area contributed by atoms with E-state index in [2.05, 4.69) is 54.5 Å². The Hall–Kier alpha value is -0.670. The first-order valence-corrected chi connectivity index (χ1v) is 9.27. The van der Waals surface area contributed by atoms with Gasteiger partial charge in [0.05, 0.1) is 4.90 Å².